The summed E-state index contributed by atoms with van der Waals surface area (Å²) in [6.07, 6.45) is -5.76. The Bertz CT molecular complexity index is 950. The number of aromatic nitrogens is 4. The SMILES string of the molecule is Oc1ccc(C(O)CSc2nnnn2-c2ccc(OC(F)(F)F)cc2)cc1O. The Kier molecular flexibility index (Phi) is 5.61. The van der Waals surface area contributed by atoms with Crippen LogP contribution >= 0.6 is 11.8 Å². The molecule has 1 aromatic heterocycles. The van der Waals surface area contributed by atoms with E-state index < -0.39 is 12.5 Å². The summed E-state index contributed by atoms with van der Waals surface area (Å²) < 4.78 is 41.8. The number of phenolic OH excluding ortho intramolecular Hbond substituents is 2. The monoisotopic (exact) mass is 414 g/mol. The van der Waals surface area contributed by atoms with Crippen LogP contribution in [0.3, 0.4) is 0 Å². The minimum Gasteiger partial charge on any atom is -0.504 e. The lowest BCUT2D eigenvalue weighted by Crippen LogP contribution is -2.17. The fourth-order valence-corrected chi connectivity index (χ4v) is 3.08. The Labute approximate surface area is 160 Å². The van der Waals surface area contributed by atoms with Crippen molar-refractivity contribution >= 4 is 11.8 Å². The molecule has 1 atom stereocenters. The number of aliphatic hydroxyl groups is 1. The van der Waals surface area contributed by atoms with Gasteiger partial charge >= 0.3 is 6.36 Å². The molecule has 1 unspecified atom stereocenters. The van der Waals surface area contributed by atoms with Crippen LogP contribution in [0.5, 0.6) is 17.2 Å². The number of tetrazole rings is 1. The molecule has 0 saturated carbocycles. The van der Waals surface area contributed by atoms with Crippen LogP contribution in [0.2, 0.25) is 0 Å². The molecule has 2 aromatic carbocycles. The van der Waals surface area contributed by atoms with Gasteiger partial charge in [-0.2, -0.15) is 4.68 Å². The smallest absolute Gasteiger partial charge is 0.504 e. The number of thioether (sulfide) groups is 1. The number of hydrogen-bond acceptors (Lipinski definition) is 8. The summed E-state index contributed by atoms with van der Waals surface area (Å²) in [6.45, 7) is 0. The van der Waals surface area contributed by atoms with Gasteiger partial charge in [-0.05, 0) is 52.4 Å². The molecule has 1 heterocycles. The average molecular weight is 414 g/mol. The molecule has 0 aliphatic rings. The van der Waals surface area contributed by atoms with Crippen LogP contribution in [0.4, 0.5) is 13.2 Å². The molecule has 3 N–H and O–H groups in total. The highest BCUT2D eigenvalue weighted by molar-refractivity contribution is 7.99. The first-order chi connectivity index (χ1) is 13.2. The second-order valence-electron chi connectivity index (χ2n) is 5.49. The normalized spacial score (nSPS) is 12.7. The number of aliphatic hydroxyl groups excluding tert-OH is 1. The lowest BCUT2D eigenvalue weighted by molar-refractivity contribution is -0.274. The number of ether oxygens (including phenoxy) is 1. The molecule has 0 amide bonds. The minimum absolute atomic E-state index is 0.125. The van der Waals surface area contributed by atoms with Gasteiger partial charge in [0.25, 0.3) is 0 Å². The molecule has 148 valence electrons. The fraction of sp³-hybridized carbons (Fsp3) is 0.188. The summed E-state index contributed by atoms with van der Waals surface area (Å²) in [5.74, 6) is -0.904. The Morgan fingerprint density at radius 2 is 1.79 bits per heavy atom. The van der Waals surface area contributed by atoms with Crippen LogP contribution in [0.1, 0.15) is 11.7 Å². The van der Waals surface area contributed by atoms with Crippen molar-refractivity contribution in [3.8, 4) is 22.9 Å². The number of halogens is 3. The zero-order valence-electron chi connectivity index (χ0n) is 13.9. The maximum Gasteiger partial charge on any atom is 0.573 e. The summed E-state index contributed by atoms with van der Waals surface area (Å²) in [7, 11) is 0. The number of alkyl halides is 3. The first-order valence-electron chi connectivity index (χ1n) is 7.70. The number of aromatic hydroxyl groups is 2. The van der Waals surface area contributed by atoms with E-state index in [4.69, 9.17) is 0 Å². The topological polar surface area (TPSA) is 114 Å². The van der Waals surface area contributed by atoms with E-state index in [1.54, 1.807) is 0 Å². The highest BCUT2D eigenvalue weighted by Crippen LogP contribution is 2.31. The van der Waals surface area contributed by atoms with Crippen LogP contribution in [0.15, 0.2) is 47.6 Å². The largest absolute Gasteiger partial charge is 0.573 e. The van der Waals surface area contributed by atoms with Gasteiger partial charge in [0.1, 0.15) is 5.75 Å². The second-order valence-corrected chi connectivity index (χ2v) is 6.48. The minimum atomic E-state index is -4.78. The van der Waals surface area contributed by atoms with Gasteiger partial charge in [0.05, 0.1) is 11.8 Å². The van der Waals surface area contributed by atoms with Crippen molar-refractivity contribution in [2.75, 3.05) is 5.75 Å². The summed E-state index contributed by atoms with van der Waals surface area (Å²) in [6, 6.07) is 8.94. The maximum absolute atomic E-state index is 12.2. The standard InChI is InChI=1S/C16H13F3N4O4S/c17-16(18,19)27-11-4-2-10(3-5-11)23-15(20-21-22-23)28-8-14(26)9-1-6-12(24)13(25)7-9/h1-7,14,24-26H,8H2. The molecule has 3 rings (SSSR count). The van der Waals surface area contributed by atoms with Gasteiger partial charge in [-0.25, -0.2) is 0 Å². The van der Waals surface area contributed by atoms with Gasteiger partial charge in [-0.3, -0.25) is 0 Å². The molecule has 0 spiro atoms. The molecule has 0 radical (unpaired) electrons. The number of hydrogen-bond donors (Lipinski definition) is 3. The summed E-state index contributed by atoms with van der Waals surface area (Å²) in [4.78, 5) is 0. The Hall–Kier alpha value is -2.99. The Morgan fingerprint density at radius 3 is 2.43 bits per heavy atom. The van der Waals surface area contributed by atoms with E-state index in [-0.39, 0.29) is 23.0 Å². The fourth-order valence-electron chi connectivity index (χ4n) is 2.22. The van der Waals surface area contributed by atoms with Crippen LogP contribution in [0.25, 0.3) is 5.69 Å². The number of phenols is 2. The van der Waals surface area contributed by atoms with Crippen LogP contribution in [0, 0.1) is 0 Å². The third-order valence-electron chi connectivity index (χ3n) is 3.51. The van der Waals surface area contributed by atoms with Gasteiger partial charge in [0.15, 0.2) is 11.5 Å². The van der Waals surface area contributed by atoms with E-state index in [1.165, 1.54) is 35.0 Å². The molecule has 12 heteroatoms. The van der Waals surface area contributed by atoms with E-state index in [1.807, 2.05) is 0 Å². The molecule has 0 aliphatic heterocycles. The molecule has 8 nitrogen and oxygen atoms in total. The van der Waals surface area contributed by atoms with Crippen LogP contribution < -0.4 is 4.74 Å². The third-order valence-corrected chi connectivity index (χ3v) is 4.51. The van der Waals surface area contributed by atoms with Gasteiger partial charge in [-0.15, -0.1) is 18.3 Å². The maximum atomic E-state index is 12.2. The van der Waals surface area contributed by atoms with Crippen LogP contribution in [-0.2, 0) is 0 Å². The molecule has 0 fully saturated rings. The van der Waals surface area contributed by atoms with Crippen molar-refractivity contribution in [1.82, 2.24) is 20.2 Å². The van der Waals surface area contributed by atoms with Crippen molar-refractivity contribution in [3.63, 3.8) is 0 Å². The van der Waals surface area contributed by atoms with Crippen molar-refractivity contribution in [2.24, 2.45) is 0 Å². The number of nitrogens with zero attached hydrogens (tertiary/aromatic N) is 4. The first-order valence-corrected chi connectivity index (χ1v) is 8.69. The zero-order chi connectivity index (χ0) is 20.3. The van der Waals surface area contributed by atoms with Gasteiger partial charge < -0.3 is 20.1 Å². The first kappa shape index (κ1) is 19.8. The van der Waals surface area contributed by atoms with E-state index in [0.29, 0.717) is 16.4 Å². The molecule has 0 bridgehead atoms. The second kappa shape index (κ2) is 7.94. The highest BCUT2D eigenvalue weighted by atomic mass is 32.2. The molecule has 0 saturated heterocycles. The highest BCUT2D eigenvalue weighted by Gasteiger charge is 2.31. The zero-order valence-corrected chi connectivity index (χ0v) is 14.7. The third kappa shape index (κ3) is 4.84. The molecule has 3 aromatic rings. The lowest BCUT2D eigenvalue weighted by Gasteiger charge is -2.12. The molecule has 28 heavy (non-hydrogen) atoms. The molecule has 0 aliphatic carbocycles. The Balaban J connectivity index is 1.69. The van der Waals surface area contributed by atoms with E-state index >= 15 is 0 Å². The van der Waals surface area contributed by atoms with Crippen molar-refractivity contribution in [2.45, 2.75) is 17.6 Å². The van der Waals surface area contributed by atoms with Crippen molar-refractivity contribution in [1.29, 1.82) is 0 Å². The number of benzene rings is 2. The quantitative estimate of drug-likeness (QED) is 0.417. The van der Waals surface area contributed by atoms with E-state index in [2.05, 4.69) is 20.3 Å². The molecular formula is C16H13F3N4O4S. The van der Waals surface area contributed by atoms with Gasteiger partial charge in [-0.1, -0.05) is 17.8 Å². The average Bonchev–Trinajstić information content (AvgIpc) is 3.10. The van der Waals surface area contributed by atoms with Crippen LogP contribution in [-0.4, -0.2) is 47.6 Å². The van der Waals surface area contributed by atoms with Gasteiger partial charge in [0.2, 0.25) is 5.16 Å². The predicted octanol–water partition coefficient (Wildman–Crippen LogP) is 2.80. The van der Waals surface area contributed by atoms with Crippen molar-refractivity contribution < 1.29 is 33.2 Å². The van der Waals surface area contributed by atoms with Crippen molar-refractivity contribution in [3.05, 3.63) is 48.0 Å². The summed E-state index contributed by atoms with van der Waals surface area (Å²) in [5.41, 5.74) is 0.786. The van der Waals surface area contributed by atoms with E-state index in [0.717, 1.165) is 23.9 Å². The summed E-state index contributed by atoms with van der Waals surface area (Å²) in [5, 5.41) is 40.5. The number of rotatable bonds is 6. The van der Waals surface area contributed by atoms with E-state index in [9.17, 15) is 28.5 Å². The lowest BCUT2D eigenvalue weighted by atomic mass is 10.1. The van der Waals surface area contributed by atoms with Gasteiger partial charge in [0, 0.05) is 5.75 Å². The summed E-state index contributed by atoms with van der Waals surface area (Å²) >= 11 is 1.10. The molecular weight excluding hydrogens is 401 g/mol. The Morgan fingerprint density at radius 1 is 1.07 bits per heavy atom. The predicted molar refractivity (Wildman–Crippen MR) is 91.3 cm³/mol.